The fourth-order valence-corrected chi connectivity index (χ4v) is 3.34. The molecule has 0 atom stereocenters. The van der Waals surface area contributed by atoms with Crippen LogP contribution in [0.4, 0.5) is 0 Å². The first-order chi connectivity index (χ1) is 6.54. The van der Waals surface area contributed by atoms with Gasteiger partial charge in [0.25, 0.3) is 0 Å². The van der Waals surface area contributed by atoms with E-state index in [9.17, 15) is 8.42 Å². The molecule has 0 aromatic heterocycles. The number of sulfone groups is 1. The second kappa shape index (κ2) is 3.81. The lowest BCUT2D eigenvalue weighted by Crippen LogP contribution is -2.37. The van der Waals surface area contributed by atoms with Crippen molar-refractivity contribution in [2.24, 2.45) is 5.92 Å². The highest BCUT2D eigenvalue weighted by Crippen LogP contribution is 2.31. The standard InChI is InChI=1S/C10H18NO2S/c1-14(12,13)8-9-4-6-11(7-5-9)10-2-3-10/h9-10H,1-8H2. The zero-order valence-corrected chi connectivity index (χ0v) is 9.30. The summed E-state index contributed by atoms with van der Waals surface area (Å²) in [5, 5.41) is 0. The summed E-state index contributed by atoms with van der Waals surface area (Å²) in [7, 11) is -3.01. The molecule has 0 amide bonds. The van der Waals surface area contributed by atoms with E-state index in [-0.39, 0.29) is 5.75 Å². The van der Waals surface area contributed by atoms with Crippen molar-refractivity contribution in [2.75, 3.05) is 18.8 Å². The first-order valence-corrected chi connectivity index (χ1v) is 7.16. The van der Waals surface area contributed by atoms with Crippen molar-refractivity contribution in [3.05, 3.63) is 6.26 Å². The third-order valence-corrected chi connectivity index (χ3v) is 4.18. The molecule has 0 N–H and O–H groups in total. The zero-order chi connectivity index (χ0) is 10.2. The fourth-order valence-electron chi connectivity index (χ4n) is 2.28. The number of piperidine rings is 1. The van der Waals surface area contributed by atoms with E-state index in [2.05, 4.69) is 11.2 Å². The molecule has 1 radical (unpaired) electrons. The van der Waals surface area contributed by atoms with Gasteiger partial charge in [-0.2, -0.15) is 0 Å². The van der Waals surface area contributed by atoms with Crippen LogP contribution in [0.1, 0.15) is 25.7 Å². The van der Waals surface area contributed by atoms with Crippen LogP contribution >= 0.6 is 0 Å². The highest BCUT2D eigenvalue weighted by Gasteiger charge is 2.32. The Hall–Kier alpha value is -0.0900. The van der Waals surface area contributed by atoms with Gasteiger partial charge in [0.1, 0.15) is 0 Å². The van der Waals surface area contributed by atoms with Gasteiger partial charge in [0, 0.05) is 6.04 Å². The second-order valence-corrected chi connectivity index (χ2v) is 6.44. The Bertz CT molecular complexity index is 287. The van der Waals surface area contributed by atoms with E-state index in [1.807, 2.05) is 0 Å². The summed E-state index contributed by atoms with van der Waals surface area (Å²) in [6, 6.07) is 0.826. The lowest BCUT2D eigenvalue weighted by molar-refractivity contribution is 0.185. The zero-order valence-electron chi connectivity index (χ0n) is 8.48. The molecular weight excluding hydrogens is 198 g/mol. The van der Waals surface area contributed by atoms with Crippen molar-refractivity contribution >= 4 is 9.84 Å². The smallest absolute Gasteiger partial charge is 0.151 e. The van der Waals surface area contributed by atoms with Crippen molar-refractivity contribution in [2.45, 2.75) is 31.7 Å². The Labute approximate surface area is 86.4 Å². The van der Waals surface area contributed by atoms with Gasteiger partial charge in [-0.15, -0.1) is 0 Å². The Kier molecular flexibility index (Phi) is 2.84. The minimum absolute atomic E-state index is 0.283. The van der Waals surface area contributed by atoms with Crippen LogP contribution in [0.2, 0.25) is 0 Å². The van der Waals surface area contributed by atoms with Crippen LogP contribution in [0.3, 0.4) is 0 Å². The van der Waals surface area contributed by atoms with Gasteiger partial charge >= 0.3 is 0 Å². The molecule has 1 aliphatic carbocycles. The van der Waals surface area contributed by atoms with Crippen LogP contribution < -0.4 is 0 Å². The van der Waals surface area contributed by atoms with Crippen LogP contribution in [0.25, 0.3) is 0 Å². The molecule has 2 aliphatic rings. The monoisotopic (exact) mass is 216 g/mol. The number of rotatable bonds is 3. The summed E-state index contributed by atoms with van der Waals surface area (Å²) >= 11 is 0. The SMILES string of the molecule is [CH2]S(=O)(=O)CC1CCN(C2CC2)CC1. The average Bonchev–Trinajstić information content (AvgIpc) is 2.85. The van der Waals surface area contributed by atoms with E-state index < -0.39 is 9.84 Å². The topological polar surface area (TPSA) is 37.4 Å². The molecule has 14 heavy (non-hydrogen) atoms. The van der Waals surface area contributed by atoms with E-state index in [0.717, 1.165) is 32.0 Å². The predicted molar refractivity (Wildman–Crippen MR) is 56.5 cm³/mol. The van der Waals surface area contributed by atoms with E-state index in [1.165, 1.54) is 12.8 Å². The van der Waals surface area contributed by atoms with Crippen LogP contribution in [-0.2, 0) is 9.84 Å². The molecule has 4 heteroatoms. The lowest BCUT2D eigenvalue weighted by Gasteiger charge is -2.31. The Balaban J connectivity index is 1.77. The average molecular weight is 216 g/mol. The van der Waals surface area contributed by atoms with Gasteiger partial charge in [0.2, 0.25) is 0 Å². The fraction of sp³-hybridized carbons (Fsp3) is 0.900. The molecule has 0 aromatic carbocycles. The molecule has 0 aromatic rings. The Morgan fingerprint density at radius 1 is 1.14 bits per heavy atom. The summed E-state index contributed by atoms with van der Waals surface area (Å²) in [6.45, 7) is 2.18. The number of hydrogen-bond acceptors (Lipinski definition) is 3. The molecule has 3 nitrogen and oxygen atoms in total. The minimum Gasteiger partial charge on any atom is -0.300 e. The van der Waals surface area contributed by atoms with Gasteiger partial charge < -0.3 is 4.90 Å². The largest absolute Gasteiger partial charge is 0.300 e. The molecule has 1 saturated carbocycles. The lowest BCUT2D eigenvalue weighted by atomic mass is 9.99. The van der Waals surface area contributed by atoms with Crippen LogP contribution in [0.15, 0.2) is 0 Å². The maximum atomic E-state index is 11.0. The summed E-state index contributed by atoms with van der Waals surface area (Å²) in [5.74, 6) is 0.637. The van der Waals surface area contributed by atoms with E-state index in [4.69, 9.17) is 0 Å². The molecule has 0 bridgehead atoms. The molecule has 1 saturated heterocycles. The van der Waals surface area contributed by atoms with Gasteiger partial charge in [-0.05, 0) is 44.7 Å². The molecular formula is C10H18NO2S. The van der Waals surface area contributed by atoms with Gasteiger partial charge in [-0.3, -0.25) is 0 Å². The highest BCUT2D eigenvalue weighted by atomic mass is 32.2. The van der Waals surface area contributed by atoms with Crippen molar-refractivity contribution in [3.63, 3.8) is 0 Å². The number of hydrogen-bond donors (Lipinski definition) is 0. The summed E-state index contributed by atoms with van der Waals surface area (Å²) < 4.78 is 22.0. The third-order valence-electron chi connectivity index (χ3n) is 3.20. The maximum absolute atomic E-state index is 11.0. The van der Waals surface area contributed by atoms with Crippen molar-refractivity contribution in [1.29, 1.82) is 0 Å². The molecule has 0 spiro atoms. The molecule has 1 aliphatic heterocycles. The normalized spacial score (nSPS) is 26.6. The minimum atomic E-state index is -3.01. The quantitative estimate of drug-likeness (QED) is 0.708. The molecule has 2 rings (SSSR count). The van der Waals surface area contributed by atoms with Gasteiger partial charge in [-0.1, -0.05) is 0 Å². The molecule has 2 fully saturated rings. The summed E-state index contributed by atoms with van der Waals surface area (Å²) in [6.07, 6.45) is 7.95. The van der Waals surface area contributed by atoms with Crippen LogP contribution in [-0.4, -0.2) is 38.2 Å². The van der Waals surface area contributed by atoms with Crippen molar-refractivity contribution < 1.29 is 8.42 Å². The second-order valence-electron chi connectivity index (χ2n) is 4.62. The van der Waals surface area contributed by atoms with Gasteiger partial charge in [-0.25, -0.2) is 8.42 Å². The van der Waals surface area contributed by atoms with E-state index in [1.54, 1.807) is 0 Å². The molecule has 81 valence electrons. The van der Waals surface area contributed by atoms with E-state index >= 15 is 0 Å². The summed E-state index contributed by atoms with van der Waals surface area (Å²) in [4.78, 5) is 2.51. The molecule has 1 heterocycles. The van der Waals surface area contributed by atoms with Gasteiger partial charge in [0.05, 0.1) is 12.0 Å². The Morgan fingerprint density at radius 2 is 1.71 bits per heavy atom. The summed E-state index contributed by atoms with van der Waals surface area (Å²) in [5.41, 5.74) is 0. The van der Waals surface area contributed by atoms with E-state index in [0.29, 0.717) is 5.92 Å². The van der Waals surface area contributed by atoms with Gasteiger partial charge in [0.15, 0.2) is 9.84 Å². The first kappa shape index (κ1) is 10.4. The van der Waals surface area contributed by atoms with Crippen LogP contribution in [0.5, 0.6) is 0 Å². The first-order valence-electron chi connectivity index (χ1n) is 5.34. The van der Waals surface area contributed by atoms with Crippen LogP contribution in [0, 0.1) is 12.2 Å². The predicted octanol–water partition coefficient (Wildman–Crippen LogP) is 1.07. The van der Waals surface area contributed by atoms with Crippen molar-refractivity contribution in [1.82, 2.24) is 4.90 Å². The Morgan fingerprint density at radius 3 is 2.14 bits per heavy atom. The third kappa shape index (κ3) is 2.95. The van der Waals surface area contributed by atoms with Crippen molar-refractivity contribution in [3.8, 4) is 0 Å². The maximum Gasteiger partial charge on any atom is 0.151 e. The number of nitrogens with zero attached hydrogens (tertiary/aromatic N) is 1. The molecule has 0 unspecified atom stereocenters. The number of likely N-dealkylation sites (tertiary alicyclic amines) is 1. The highest BCUT2D eigenvalue weighted by molar-refractivity contribution is 7.92.